The lowest BCUT2D eigenvalue weighted by Gasteiger charge is -2.38. The summed E-state index contributed by atoms with van der Waals surface area (Å²) in [5, 5.41) is 2.88. The van der Waals surface area contributed by atoms with Crippen molar-refractivity contribution in [3.63, 3.8) is 0 Å². The van der Waals surface area contributed by atoms with Crippen LogP contribution in [0.2, 0.25) is 0 Å². The van der Waals surface area contributed by atoms with Crippen molar-refractivity contribution in [2.24, 2.45) is 5.73 Å². The first-order valence-corrected chi connectivity index (χ1v) is 6.21. The number of hydrogen-bond donors (Lipinski definition) is 2. The van der Waals surface area contributed by atoms with Crippen molar-refractivity contribution in [1.82, 2.24) is 5.32 Å². The third kappa shape index (κ3) is 2.62. The smallest absolute Gasteiger partial charge is 0.251 e. The first-order valence-electron chi connectivity index (χ1n) is 5.42. The standard InChI is InChI=1S/C12H15BrN2O/c13-10-4-2-9(3-5-10)11(16)15-8-12(14)6-1-7-12/h2-5H,1,6-8,14H2,(H,15,16). The van der Waals surface area contributed by atoms with Crippen LogP contribution in [0.5, 0.6) is 0 Å². The van der Waals surface area contributed by atoms with Crippen LogP contribution in [0.25, 0.3) is 0 Å². The molecule has 0 spiro atoms. The minimum atomic E-state index is -0.162. The molecule has 0 radical (unpaired) electrons. The van der Waals surface area contributed by atoms with E-state index in [0.29, 0.717) is 12.1 Å². The molecule has 1 aliphatic carbocycles. The fourth-order valence-electron chi connectivity index (χ4n) is 1.77. The predicted molar refractivity (Wildman–Crippen MR) is 67.2 cm³/mol. The predicted octanol–water partition coefficient (Wildman–Crippen LogP) is 2.06. The summed E-state index contributed by atoms with van der Waals surface area (Å²) in [6.45, 7) is 0.571. The number of rotatable bonds is 3. The van der Waals surface area contributed by atoms with Gasteiger partial charge >= 0.3 is 0 Å². The van der Waals surface area contributed by atoms with Crippen molar-refractivity contribution in [1.29, 1.82) is 0 Å². The van der Waals surface area contributed by atoms with Gasteiger partial charge in [-0.15, -0.1) is 0 Å². The van der Waals surface area contributed by atoms with E-state index in [-0.39, 0.29) is 11.4 Å². The lowest BCUT2D eigenvalue weighted by Crippen LogP contribution is -2.54. The Kier molecular flexibility index (Phi) is 3.30. The Bertz CT molecular complexity index is 385. The highest BCUT2D eigenvalue weighted by molar-refractivity contribution is 9.10. The second-order valence-corrected chi connectivity index (χ2v) is 5.32. The molecule has 3 nitrogen and oxygen atoms in total. The number of amides is 1. The van der Waals surface area contributed by atoms with Gasteiger partial charge in [0.1, 0.15) is 0 Å². The van der Waals surface area contributed by atoms with Crippen molar-refractivity contribution in [3.05, 3.63) is 34.3 Å². The van der Waals surface area contributed by atoms with Gasteiger partial charge < -0.3 is 11.1 Å². The van der Waals surface area contributed by atoms with Crippen LogP contribution in [-0.4, -0.2) is 18.0 Å². The summed E-state index contributed by atoms with van der Waals surface area (Å²) in [7, 11) is 0. The molecule has 2 rings (SSSR count). The SMILES string of the molecule is NC1(CNC(=O)c2ccc(Br)cc2)CCC1. The number of hydrogen-bond acceptors (Lipinski definition) is 2. The van der Waals surface area contributed by atoms with Crippen molar-refractivity contribution in [3.8, 4) is 0 Å². The second-order valence-electron chi connectivity index (χ2n) is 4.41. The highest BCUT2D eigenvalue weighted by atomic mass is 79.9. The van der Waals surface area contributed by atoms with E-state index < -0.39 is 0 Å². The minimum Gasteiger partial charge on any atom is -0.350 e. The molecule has 86 valence electrons. The Morgan fingerprint density at radius 3 is 2.50 bits per heavy atom. The van der Waals surface area contributed by atoms with E-state index in [1.54, 1.807) is 12.1 Å². The van der Waals surface area contributed by atoms with Gasteiger partial charge in [-0.25, -0.2) is 0 Å². The van der Waals surface area contributed by atoms with Crippen molar-refractivity contribution < 1.29 is 4.79 Å². The zero-order chi connectivity index (χ0) is 11.6. The highest BCUT2D eigenvalue weighted by Crippen LogP contribution is 2.28. The number of nitrogens with one attached hydrogen (secondary N) is 1. The molecular formula is C12H15BrN2O. The van der Waals surface area contributed by atoms with Crippen molar-refractivity contribution in [2.45, 2.75) is 24.8 Å². The quantitative estimate of drug-likeness (QED) is 0.892. The third-order valence-corrected chi connectivity index (χ3v) is 3.59. The zero-order valence-electron chi connectivity index (χ0n) is 9.00. The largest absolute Gasteiger partial charge is 0.350 e. The van der Waals surface area contributed by atoms with Gasteiger partial charge in [-0.1, -0.05) is 15.9 Å². The molecule has 1 amide bonds. The zero-order valence-corrected chi connectivity index (χ0v) is 10.6. The van der Waals surface area contributed by atoms with Crippen molar-refractivity contribution >= 4 is 21.8 Å². The molecule has 16 heavy (non-hydrogen) atoms. The maximum absolute atomic E-state index is 11.8. The van der Waals surface area contributed by atoms with Crippen molar-refractivity contribution in [2.75, 3.05) is 6.54 Å². The molecule has 1 aromatic carbocycles. The van der Waals surface area contributed by atoms with Crippen LogP contribution < -0.4 is 11.1 Å². The molecule has 1 saturated carbocycles. The Hall–Kier alpha value is -0.870. The van der Waals surface area contributed by atoms with Crippen LogP contribution in [0, 0.1) is 0 Å². The third-order valence-electron chi connectivity index (χ3n) is 3.06. The maximum Gasteiger partial charge on any atom is 0.251 e. The van der Waals surface area contributed by atoms with Crippen LogP contribution in [-0.2, 0) is 0 Å². The first-order chi connectivity index (χ1) is 7.59. The molecule has 0 aromatic heterocycles. The molecule has 0 saturated heterocycles. The summed E-state index contributed by atoms with van der Waals surface area (Å²) in [5.74, 6) is -0.0516. The topological polar surface area (TPSA) is 55.1 Å². The fourth-order valence-corrected chi connectivity index (χ4v) is 2.03. The summed E-state index contributed by atoms with van der Waals surface area (Å²) < 4.78 is 0.971. The molecule has 4 heteroatoms. The van der Waals surface area contributed by atoms with Gasteiger partial charge in [-0.3, -0.25) is 4.79 Å². The molecule has 0 aliphatic heterocycles. The second kappa shape index (κ2) is 4.55. The van der Waals surface area contributed by atoms with Crippen LogP contribution in [0.4, 0.5) is 0 Å². The molecule has 1 aromatic rings. The Morgan fingerprint density at radius 1 is 1.38 bits per heavy atom. The molecule has 0 bridgehead atoms. The van der Waals surface area contributed by atoms with Gasteiger partial charge in [-0.2, -0.15) is 0 Å². The average Bonchev–Trinajstić information content (AvgIpc) is 2.24. The molecule has 1 aliphatic rings. The first kappa shape index (κ1) is 11.6. The van der Waals surface area contributed by atoms with Crippen LogP contribution in [0.1, 0.15) is 29.6 Å². The van der Waals surface area contributed by atoms with Crippen LogP contribution in [0.15, 0.2) is 28.7 Å². The van der Waals surface area contributed by atoms with E-state index in [0.717, 1.165) is 17.3 Å². The summed E-state index contributed by atoms with van der Waals surface area (Å²) in [6, 6.07) is 7.31. The highest BCUT2D eigenvalue weighted by Gasteiger charge is 2.32. The molecule has 1 fully saturated rings. The fraction of sp³-hybridized carbons (Fsp3) is 0.417. The summed E-state index contributed by atoms with van der Waals surface area (Å²) in [6.07, 6.45) is 3.19. The Labute approximate surface area is 104 Å². The van der Waals surface area contributed by atoms with E-state index >= 15 is 0 Å². The van der Waals surface area contributed by atoms with E-state index in [9.17, 15) is 4.79 Å². The molecular weight excluding hydrogens is 268 g/mol. The summed E-state index contributed by atoms with van der Waals surface area (Å²) in [4.78, 5) is 11.8. The van der Waals surface area contributed by atoms with Crippen LogP contribution in [0.3, 0.4) is 0 Å². The number of benzene rings is 1. The van der Waals surface area contributed by atoms with Gasteiger partial charge in [0.2, 0.25) is 0 Å². The van der Waals surface area contributed by atoms with Gasteiger partial charge in [0.05, 0.1) is 0 Å². The molecule has 0 heterocycles. The summed E-state index contributed by atoms with van der Waals surface area (Å²) >= 11 is 3.33. The molecule has 0 atom stereocenters. The van der Waals surface area contributed by atoms with Gasteiger partial charge in [0, 0.05) is 22.1 Å². The molecule has 3 N–H and O–H groups in total. The van der Waals surface area contributed by atoms with Gasteiger partial charge in [-0.05, 0) is 43.5 Å². The maximum atomic E-state index is 11.8. The van der Waals surface area contributed by atoms with E-state index in [2.05, 4.69) is 21.2 Å². The lowest BCUT2D eigenvalue weighted by molar-refractivity contribution is 0.0930. The monoisotopic (exact) mass is 282 g/mol. The number of nitrogens with two attached hydrogens (primary N) is 1. The molecule has 0 unspecified atom stereocenters. The van der Waals surface area contributed by atoms with E-state index in [1.165, 1.54) is 6.42 Å². The van der Waals surface area contributed by atoms with Crippen LogP contribution >= 0.6 is 15.9 Å². The van der Waals surface area contributed by atoms with Gasteiger partial charge in [0.15, 0.2) is 0 Å². The van der Waals surface area contributed by atoms with Gasteiger partial charge in [0.25, 0.3) is 5.91 Å². The number of carbonyl (C=O) groups is 1. The average molecular weight is 283 g/mol. The summed E-state index contributed by atoms with van der Waals surface area (Å²) in [5.41, 5.74) is 6.54. The normalized spacial score (nSPS) is 17.6. The number of halogens is 1. The lowest BCUT2D eigenvalue weighted by atomic mass is 9.78. The Balaban J connectivity index is 1.90. The Morgan fingerprint density at radius 2 is 2.00 bits per heavy atom. The van der Waals surface area contributed by atoms with E-state index in [1.807, 2.05) is 12.1 Å². The minimum absolute atomic E-state index is 0.0516. The van der Waals surface area contributed by atoms with E-state index in [4.69, 9.17) is 5.73 Å². The number of carbonyl (C=O) groups excluding carboxylic acids is 1.